The van der Waals surface area contributed by atoms with Crippen molar-refractivity contribution in [3.05, 3.63) is 34.9 Å². The van der Waals surface area contributed by atoms with Crippen molar-refractivity contribution in [2.45, 2.75) is 26.7 Å². The van der Waals surface area contributed by atoms with E-state index in [0.29, 0.717) is 30.4 Å². The summed E-state index contributed by atoms with van der Waals surface area (Å²) >= 11 is 5.77. The molecule has 0 amide bonds. The average Bonchev–Trinajstić information content (AvgIpc) is 2.25. The van der Waals surface area contributed by atoms with E-state index in [9.17, 15) is 4.79 Å². The van der Waals surface area contributed by atoms with Crippen LogP contribution in [0.3, 0.4) is 0 Å². The lowest BCUT2D eigenvalue weighted by atomic mass is 10.1. The van der Waals surface area contributed by atoms with Crippen LogP contribution in [0, 0.1) is 5.92 Å². The Balaban J connectivity index is 2.29. The van der Waals surface area contributed by atoms with Gasteiger partial charge in [-0.25, -0.2) is 0 Å². The van der Waals surface area contributed by atoms with E-state index in [0.717, 1.165) is 5.56 Å². The van der Waals surface area contributed by atoms with E-state index in [4.69, 9.17) is 16.3 Å². The molecule has 1 aromatic carbocycles. The van der Waals surface area contributed by atoms with E-state index >= 15 is 0 Å². The molecule has 0 saturated carbocycles. The lowest BCUT2D eigenvalue weighted by Gasteiger charge is -2.07. The summed E-state index contributed by atoms with van der Waals surface area (Å²) in [5.41, 5.74) is 1.10. The molecule has 0 fully saturated rings. The Bertz CT molecular complexity index is 330. The molecule has 0 N–H and O–H groups in total. The number of hydrogen-bond acceptors (Lipinski definition) is 2. The van der Waals surface area contributed by atoms with Crippen LogP contribution in [0.4, 0.5) is 0 Å². The van der Waals surface area contributed by atoms with Gasteiger partial charge in [0.2, 0.25) is 0 Å². The Hall–Kier alpha value is -1.02. The minimum absolute atomic E-state index is 0.136. The maximum absolute atomic E-state index is 11.3. The van der Waals surface area contributed by atoms with Crippen LogP contribution in [0.5, 0.6) is 0 Å². The molecule has 0 saturated heterocycles. The molecule has 0 bridgehead atoms. The highest BCUT2D eigenvalue weighted by atomic mass is 35.5. The topological polar surface area (TPSA) is 26.3 Å². The molecule has 0 aromatic heterocycles. The molecule has 1 rings (SSSR count). The predicted molar refractivity (Wildman–Crippen MR) is 65.6 cm³/mol. The lowest BCUT2D eigenvalue weighted by Crippen LogP contribution is -2.10. The van der Waals surface area contributed by atoms with Crippen molar-refractivity contribution in [2.24, 2.45) is 5.92 Å². The second-order valence-electron chi connectivity index (χ2n) is 4.20. The highest BCUT2D eigenvalue weighted by Crippen LogP contribution is 2.11. The number of ether oxygens (including phenoxy) is 1. The second-order valence-corrected chi connectivity index (χ2v) is 4.64. The van der Waals surface area contributed by atoms with Crippen molar-refractivity contribution in [2.75, 3.05) is 6.61 Å². The first kappa shape index (κ1) is 13.0. The average molecular weight is 241 g/mol. The van der Waals surface area contributed by atoms with Crippen molar-refractivity contribution >= 4 is 17.6 Å². The second kappa shape index (κ2) is 6.54. The standard InChI is InChI=1S/C13H17ClO2/c1-10(2)9-16-13(15)8-5-11-3-6-12(14)7-4-11/h3-4,6-7,10H,5,8-9H2,1-2H3. The van der Waals surface area contributed by atoms with Gasteiger partial charge in [0.05, 0.1) is 6.61 Å². The number of aryl methyl sites for hydroxylation is 1. The fourth-order valence-corrected chi connectivity index (χ4v) is 1.36. The highest BCUT2D eigenvalue weighted by Gasteiger charge is 2.04. The van der Waals surface area contributed by atoms with Crippen molar-refractivity contribution in [1.82, 2.24) is 0 Å². The molecular formula is C13H17ClO2. The summed E-state index contributed by atoms with van der Waals surface area (Å²) in [6.45, 7) is 4.54. The summed E-state index contributed by atoms with van der Waals surface area (Å²) in [6.07, 6.45) is 1.13. The third-order valence-corrected chi connectivity index (χ3v) is 2.36. The van der Waals surface area contributed by atoms with E-state index in [2.05, 4.69) is 0 Å². The van der Waals surface area contributed by atoms with E-state index in [-0.39, 0.29) is 5.97 Å². The predicted octanol–water partition coefficient (Wildman–Crippen LogP) is 3.47. The fraction of sp³-hybridized carbons (Fsp3) is 0.462. The molecule has 0 heterocycles. The normalized spacial score (nSPS) is 10.5. The number of hydrogen-bond donors (Lipinski definition) is 0. The number of carbonyl (C=O) groups is 1. The smallest absolute Gasteiger partial charge is 0.306 e. The third-order valence-electron chi connectivity index (χ3n) is 2.11. The van der Waals surface area contributed by atoms with Gasteiger partial charge < -0.3 is 4.74 Å². The van der Waals surface area contributed by atoms with Gasteiger partial charge in [-0.1, -0.05) is 37.6 Å². The maximum atomic E-state index is 11.3. The van der Waals surface area contributed by atoms with E-state index in [1.807, 2.05) is 38.1 Å². The van der Waals surface area contributed by atoms with Gasteiger partial charge in [-0.05, 0) is 30.0 Å². The fourth-order valence-electron chi connectivity index (χ4n) is 1.23. The number of esters is 1. The zero-order valence-electron chi connectivity index (χ0n) is 9.70. The van der Waals surface area contributed by atoms with Gasteiger partial charge in [0.25, 0.3) is 0 Å². The van der Waals surface area contributed by atoms with Gasteiger partial charge in [0, 0.05) is 11.4 Å². The van der Waals surface area contributed by atoms with Crippen LogP contribution in [0.1, 0.15) is 25.8 Å². The summed E-state index contributed by atoms with van der Waals surface area (Å²) in [5.74, 6) is 0.253. The Morgan fingerprint density at radius 1 is 1.31 bits per heavy atom. The summed E-state index contributed by atoms with van der Waals surface area (Å²) in [6, 6.07) is 7.52. The van der Waals surface area contributed by atoms with Gasteiger partial charge in [0.1, 0.15) is 0 Å². The first-order valence-corrected chi connectivity index (χ1v) is 5.86. The van der Waals surface area contributed by atoms with E-state index in [1.165, 1.54) is 0 Å². The maximum Gasteiger partial charge on any atom is 0.306 e. The van der Waals surface area contributed by atoms with Crippen LogP contribution < -0.4 is 0 Å². The summed E-state index contributed by atoms with van der Waals surface area (Å²) in [5, 5.41) is 0.714. The molecule has 88 valence electrons. The molecule has 1 aromatic rings. The van der Waals surface area contributed by atoms with Crippen LogP contribution in [-0.2, 0) is 16.0 Å². The zero-order valence-corrected chi connectivity index (χ0v) is 10.5. The third kappa shape index (κ3) is 5.17. The molecule has 0 aliphatic carbocycles. The zero-order chi connectivity index (χ0) is 12.0. The minimum atomic E-state index is -0.136. The van der Waals surface area contributed by atoms with Gasteiger partial charge in [-0.3, -0.25) is 4.79 Å². The van der Waals surface area contributed by atoms with Gasteiger partial charge in [0.15, 0.2) is 0 Å². The molecule has 0 unspecified atom stereocenters. The van der Waals surface area contributed by atoms with Crippen LogP contribution in [-0.4, -0.2) is 12.6 Å². The van der Waals surface area contributed by atoms with Crippen LogP contribution >= 0.6 is 11.6 Å². The molecule has 2 nitrogen and oxygen atoms in total. The molecule has 0 radical (unpaired) electrons. The largest absolute Gasteiger partial charge is 0.465 e. The van der Waals surface area contributed by atoms with Crippen LogP contribution in [0.25, 0.3) is 0 Å². The van der Waals surface area contributed by atoms with E-state index in [1.54, 1.807) is 0 Å². The van der Waals surface area contributed by atoms with Gasteiger partial charge >= 0.3 is 5.97 Å². The Labute approximate surface area is 102 Å². The first-order valence-electron chi connectivity index (χ1n) is 5.48. The summed E-state index contributed by atoms with van der Waals surface area (Å²) in [4.78, 5) is 11.3. The van der Waals surface area contributed by atoms with Crippen LogP contribution in [0.2, 0.25) is 5.02 Å². The number of rotatable bonds is 5. The van der Waals surface area contributed by atoms with Crippen LogP contribution in [0.15, 0.2) is 24.3 Å². The van der Waals surface area contributed by atoms with Crippen molar-refractivity contribution < 1.29 is 9.53 Å². The summed E-state index contributed by atoms with van der Waals surface area (Å²) in [7, 11) is 0. The number of benzene rings is 1. The SMILES string of the molecule is CC(C)COC(=O)CCc1ccc(Cl)cc1. The first-order chi connectivity index (χ1) is 7.58. The molecule has 3 heteroatoms. The highest BCUT2D eigenvalue weighted by molar-refractivity contribution is 6.30. The van der Waals surface area contributed by atoms with Gasteiger partial charge in [-0.15, -0.1) is 0 Å². The molecular weight excluding hydrogens is 224 g/mol. The lowest BCUT2D eigenvalue weighted by molar-refractivity contribution is -0.144. The quantitative estimate of drug-likeness (QED) is 0.737. The van der Waals surface area contributed by atoms with E-state index < -0.39 is 0 Å². The number of halogens is 1. The number of carbonyl (C=O) groups excluding carboxylic acids is 1. The molecule has 16 heavy (non-hydrogen) atoms. The molecule has 0 spiro atoms. The minimum Gasteiger partial charge on any atom is -0.465 e. The Morgan fingerprint density at radius 3 is 2.50 bits per heavy atom. The molecule has 0 aliphatic rings. The van der Waals surface area contributed by atoms with Gasteiger partial charge in [-0.2, -0.15) is 0 Å². The monoisotopic (exact) mass is 240 g/mol. The Morgan fingerprint density at radius 2 is 1.94 bits per heavy atom. The van der Waals surface area contributed by atoms with Crippen molar-refractivity contribution in [3.63, 3.8) is 0 Å². The molecule has 0 aliphatic heterocycles. The summed E-state index contributed by atoms with van der Waals surface area (Å²) < 4.78 is 5.08. The Kier molecular flexibility index (Phi) is 5.33. The van der Waals surface area contributed by atoms with Crippen molar-refractivity contribution in [3.8, 4) is 0 Å². The van der Waals surface area contributed by atoms with Crippen molar-refractivity contribution in [1.29, 1.82) is 0 Å². The molecule has 0 atom stereocenters.